The van der Waals surface area contributed by atoms with E-state index in [-0.39, 0.29) is 11.8 Å². The van der Waals surface area contributed by atoms with Crippen molar-refractivity contribution in [2.45, 2.75) is 32.6 Å². The lowest BCUT2D eigenvalue weighted by Crippen LogP contribution is -2.15. The minimum Gasteiger partial charge on any atom is -0.497 e. The summed E-state index contributed by atoms with van der Waals surface area (Å²) in [5.41, 5.74) is 2.34. The second-order valence-corrected chi connectivity index (χ2v) is 5.87. The highest BCUT2D eigenvalue weighted by atomic mass is 16.5. The topological polar surface area (TPSA) is 59.4 Å². The smallest absolute Gasteiger partial charge is 0.307 e. The lowest BCUT2D eigenvalue weighted by Gasteiger charge is -2.20. The van der Waals surface area contributed by atoms with Crippen LogP contribution in [0.1, 0.15) is 32.0 Å². The normalized spacial score (nSPS) is 11.6. The van der Waals surface area contributed by atoms with Crippen molar-refractivity contribution in [3.05, 3.63) is 35.5 Å². The van der Waals surface area contributed by atoms with Crippen LogP contribution in [0.4, 0.5) is 0 Å². The Labute approximate surface area is 118 Å². The Bertz CT molecular complexity index is 657. The van der Waals surface area contributed by atoms with Gasteiger partial charge in [-0.1, -0.05) is 20.8 Å². The number of hydrogen-bond acceptors (Lipinski definition) is 3. The molecule has 1 aromatic heterocycles. The monoisotopic (exact) mass is 273 g/mol. The van der Waals surface area contributed by atoms with Gasteiger partial charge < -0.3 is 9.84 Å². The summed E-state index contributed by atoms with van der Waals surface area (Å²) in [6.45, 7) is 6.19. The zero-order chi connectivity index (χ0) is 14.9. The van der Waals surface area contributed by atoms with E-state index in [1.54, 1.807) is 7.11 Å². The van der Waals surface area contributed by atoms with Gasteiger partial charge in [0.1, 0.15) is 5.75 Å². The quantitative estimate of drug-likeness (QED) is 0.933. The Hall–Kier alpha value is -2.10. The van der Waals surface area contributed by atoms with Gasteiger partial charge in [0.05, 0.1) is 19.0 Å². The molecule has 0 aliphatic rings. The van der Waals surface area contributed by atoms with E-state index in [9.17, 15) is 4.79 Å². The molecule has 0 aliphatic heterocycles. The van der Waals surface area contributed by atoms with Gasteiger partial charge in [0.2, 0.25) is 0 Å². The van der Waals surface area contributed by atoms with Crippen LogP contribution in [0.15, 0.2) is 24.3 Å². The van der Waals surface area contributed by atoms with Crippen LogP contribution in [0, 0.1) is 0 Å². The van der Waals surface area contributed by atoms with E-state index in [0.717, 1.165) is 22.2 Å². The molecule has 0 aliphatic carbocycles. The summed E-state index contributed by atoms with van der Waals surface area (Å²) in [5.74, 6) is -0.144. The number of fused-ring (bicyclic) bond motifs is 1. The fraction of sp³-hybridized carbons (Fsp3) is 0.375. The van der Waals surface area contributed by atoms with E-state index in [2.05, 4.69) is 25.8 Å². The Kier molecular flexibility index (Phi) is 3.66. The predicted molar refractivity (Wildman–Crippen MR) is 78.3 cm³/mol. The minimum absolute atomic E-state index is 0.0186. The molecule has 0 saturated heterocycles. The molecule has 2 rings (SSSR count). The van der Waals surface area contributed by atoms with Gasteiger partial charge in [-0.25, -0.2) is 0 Å². The zero-order valence-electron chi connectivity index (χ0n) is 12.2. The number of nitrogens with zero attached hydrogens (tertiary/aromatic N) is 1. The van der Waals surface area contributed by atoms with Gasteiger partial charge in [-0.05, 0) is 29.8 Å². The first-order valence-corrected chi connectivity index (χ1v) is 6.51. The summed E-state index contributed by atoms with van der Waals surface area (Å²) in [7, 11) is 1.59. The van der Waals surface area contributed by atoms with Crippen molar-refractivity contribution in [2.75, 3.05) is 7.11 Å². The van der Waals surface area contributed by atoms with Gasteiger partial charge in [0.25, 0.3) is 0 Å². The lowest BCUT2D eigenvalue weighted by atomic mass is 9.89. The average molecular weight is 273 g/mol. The highest BCUT2D eigenvalue weighted by molar-refractivity contribution is 5.87. The molecule has 1 N–H and O–H groups in total. The van der Waals surface area contributed by atoms with Crippen molar-refractivity contribution < 1.29 is 14.6 Å². The maximum atomic E-state index is 11.1. The molecule has 0 atom stereocenters. The molecule has 2 aromatic rings. The fourth-order valence-corrected chi connectivity index (χ4v) is 2.10. The van der Waals surface area contributed by atoms with E-state index in [0.29, 0.717) is 5.75 Å². The molecule has 4 nitrogen and oxygen atoms in total. The van der Waals surface area contributed by atoms with E-state index < -0.39 is 5.97 Å². The predicted octanol–water partition coefficient (Wildman–Crippen LogP) is 3.17. The van der Waals surface area contributed by atoms with E-state index in [1.807, 2.05) is 24.3 Å². The van der Waals surface area contributed by atoms with Crippen molar-refractivity contribution in [1.82, 2.24) is 4.98 Å². The van der Waals surface area contributed by atoms with Crippen molar-refractivity contribution in [3.63, 3.8) is 0 Å². The lowest BCUT2D eigenvalue weighted by molar-refractivity contribution is -0.136. The fourth-order valence-electron chi connectivity index (χ4n) is 2.10. The van der Waals surface area contributed by atoms with Gasteiger partial charge in [-0.3, -0.25) is 9.78 Å². The Morgan fingerprint density at radius 2 is 2.00 bits per heavy atom. The molecule has 0 bridgehead atoms. The number of pyridine rings is 1. The third kappa shape index (κ3) is 2.90. The van der Waals surface area contributed by atoms with E-state index in [1.165, 1.54) is 0 Å². The average Bonchev–Trinajstić information content (AvgIpc) is 2.36. The van der Waals surface area contributed by atoms with Crippen LogP contribution in [0.5, 0.6) is 5.75 Å². The number of hydrogen-bond donors (Lipinski definition) is 1. The van der Waals surface area contributed by atoms with Crippen LogP contribution < -0.4 is 4.74 Å². The summed E-state index contributed by atoms with van der Waals surface area (Å²) in [6, 6.07) is 7.43. The molecule has 1 aromatic carbocycles. The maximum absolute atomic E-state index is 11.1. The summed E-state index contributed by atoms with van der Waals surface area (Å²) in [5, 5.41) is 9.93. The van der Waals surface area contributed by atoms with Gasteiger partial charge in [-0.2, -0.15) is 0 Å². The van der Waals surface area contributed by atoms with Crippen molar-refractivity contribution in [3.8, 4) is 5.75 Å². The van der Waals surface area contributed by atoms with Gasteiger partial charge in [-0.15, -0.1) is 0 Å². The van der Waals surface area contributed by atoms with Crippen molar-refractivity contribution in [2.24, 2.45) is 0 Å². The second-order valence-electron chi connectivity index (χ2n) is 5.87. The number of carboxylic acids is 1. The standard InChI is InChI=1S/C16H19NO3/c1-16(2,3)14-7-10(8-15(18)19)12-9-11(20-4)5-6-13(12)17-14/h5-7,9H,8H2,1-4H3,(H,18,19). The third-order valence-electron chi connectivity index (χ3n) is 3.21. The molecule has 0 saturated carbocycles. The van der Waals surface area contributed by atoms with Crippen LogP contribution in [0.2, 0.25) is 0 Å². The summed E-state index contributed by atoms with van der Waals surface area (Å²) in [4.78, 5) is 15.7. The van der Waals surface area contributed by atoms with Crippen LogP contribution in [0.3, 0.4) is 0 Å². The first kappa shape index (κ1) is 14.3. The van der Waals surface area contributed by atoms with E-state index >= 15 is 0 Å². The number of benzene rings is 1. The molecule has 1 heterocycles. The van der Waals surface area contributed by atoms with Crippen LogP contribution in [-0.4, -0.2) is 23.2 Å². The minimum atomic E-state index is -0.847. The van der Waals surface area contributed by atoms with Crippen molar-refractivity contribution >= 4 is 16.9 Å². The molecular formula is C16H19NO3. The largest absolute Gasteiger partial charge is 0.497 e. The Morgan fingerprint density at radius 3 is 2.55 bits per heavy atom. The summed E-state index contributed by atoms with van der Waals surface area (Å²) < 4.78 is 5.20. The molecule has 0 fully saturated rings. The number of rotatable bonds is 3. The molecule has 0 spiro atoms. The van der Waals surface area contributed by atoms with Crippen LogP contribution in [0.25, 0.3) is 10.9 Å². The molecular weight excluding hydrogens is 254 g/mol. The Balaban J connectivity index is 2.70. The first-order valence-electron chi connectivity index (χ1n) is 6.51. The highest BCUT2D eigenvalue weighted by Gasteiger charge is 2.19. The molecule has 0 unspecified atom stereocenters. The number of methoxy groups -OCH3 is 1. The third-order valence-corrected chi connectivity index (χ3v) is 3.21. The van der Waals surface area contributed by atoms with Crippen LogP contribution >= 0.6 is 0 Å². The zero-order valence-corrected chi connectivity index (χ0v) is 12.2. The molecule has 4 heteroatoms. The molecule has 106 valence electrons. The Morgan fingerprint density at radius 1 is 1.30 bits per heavy atom. The first-order chi connectivity index (χ1) is 9.31. The van der Waals surface area contributed by atoms with Gasteiger partial charge >= 0.3 is 5.97 Å². The number of ether oxygens (including phenoxy) is 1. The number of aliphatic carboxylic acids is 1. The maximum Gasteiger partial charge on any atom is 0.307 e. The summed E-state index contributed by atoms with van der Waals surface area (Å²) in [6.07, 6.45) is -0.0186. The van der Waals surface area contributed by atoms with Gasteiger partial charge in [0.15, 0.2) is 0 Å². The number of carboxylic acid groups (broad SMARTS) is 1. The SMILES string of the molecule is COc1ccc2nc(C(C)(C)C)cc(CC(=O)O)c2c1. The number of carbonyl (C=O) groups is 1. The molecule has 0 amide bonds. The molecule has 20 heavy (non-hydrogen) atoms. The highest BCUT2D eigenvalue weighted by Crippen LogP contribution is 2.28. The van der Waals surface area contributed by atoms with Crippen LogP contribution in [-0.2, 0) is 16.6 Å². The molecule has 0 radical (unpaired) electrons. The van der Waals surface area contributed by atoms with Gasteiger partial charge in [0, 0.05) is 16.5 Å². The summed E-state index contributed by atoms with van der Waals surface area (Å²) >= 11 is 0. The second kappa shape index (κ2) is 5.12. The van der Waals surface area contributed by atoms with E-state index in [4.69, 9.17) is 9.84 Å². The number of aromatic nitrogens is 1. The van der Waals surface area contributed by atoms with Crippen molar-refractivity contribution in [1.29, 1.82) is 0 Å².